The molecule has 6 nitrogen and oxygen atoms in total. The Labute approximate surface area is 149 Å². The standard InChI is InChI=1S/C19H28N4O2/c1-3-5-8-15(10-12-24)22-19-17(13-21-18(4-2)23-19)25-14-16-9-6-7-11-20-16/h4,6-7,9,11,15,22,24H,2-3,5,8,10,12-14H2,1H3,(H,21,23)/t15-/m0/s1. The molecule has 1 atom stereocenters. The van der Waals surface area contributed by atoms with E-state index >= 15 is 0 Å². The van der Waals surface area contributed by atoms with Gasteiger partial charge in [-0.2, -0.15) is 0 Å². The van der Waals surface area contributed by atoms with Crippen molar-refractivity contribution in [2.45, 2.75) is 45.3 Å². The Morgan fingerprint density at radius 3 is 3.00 bits per heavy atom. The number of aliphatic hydroxyl groups is 1. The molecule has 0 aliphatic carbocycles. The monoisotopic (exact) mass is 344 g/mol. The van der Waals surface area contributed by atoms with Gasteiger partial charge in [0.1, 0.15) is 24.8 Å². The highest BCUT2D eigenvalue weighted by Crippen LogP contribution is 2.14. The first-order valence-electron chi connectivity index (χ1n) is 8.84. The van der Waals surface area contributed by atoms with Gasteiger partial charge >= 0.3 is 0 Å². The lowest BCUT2D eigenvalue weighted by molar-refractivity contribution is 0.182. The van der Waals surface area contributed by atoms with Gasteiger partial charge in [0, 0.05) is 18.8 Å². The van der Waals surface area contributed by atoms with Crippen LogP contribution in [-0.2, 0) is 11.3 Å². The van der Waals surface area contributed by atoms with Crippen LogP contribution >= 0.6 is 0 Å². The van der Waals surface area contributed by atoms with Crippen molar-refractivity contribution in [2.24, 2.45) is 4.99 Å². The first kappa shape index (κ1) is 19.0. The lowest BCUT2D eigenvalue weighted by Gasteiger charge is -2.26. The molecule has 1 aromatic rings. The highest BCUT2D eigenvalue weighted by molar-refractivity contribution is 5.94. The molecule has 0 aromatic carbocycles. The van der Waals surface area contributed by atoms with Crippen molar-refractivity contribution in [1.82, 2.24) is 15.6 Å². The van der Waals surface area contributed by atoms with Crippen LogP contribution in [0.15, 0.2) is 53.6 Å². The summed E-state index contributed by atoms with van der Waals surface area (Å²) in [5, 5.41) is 16.0. The van der Waals surface area contributed by atoms with Crippen LogP contribution in [0.4, 0.5) is 0 Å². The largest absolute Gasteiger partial charge is 0.486 e. The maximum absolute atomic E-state index is 9.33. The van der Waals surface area contributed by atoms with E-state index in [1.807, 2.05) is 18.2 Å². The lowest BCUT2D eigenvalue weighted by Crippen LogP contribution is -2.41. The Balaban J connectivity index is 2.07. The molecule has 0 saturated carbocycles. The zero-order valence-electron chi connectivity index (χ0n) is 14.9. The number of nitrogens with zero attached hydrogens (tertiary/aromatic N) is 2. The van der Waals surface area contributed by atoms with Gasteiger partial charge in [0.2, 0.25) is 0 Å². The van der Waals surface area contributed by atoms with Gasteiger partial charge in [0.15, 0.2) is 5.76 Å². The molecule has 0 amide bonds. The van der Waals surface area contributed by atoms with E-state index in [-0.39, 0.29) is 12.6 Å². The van der Waals surface area contributed by atoms with E-state index in [9.17, 15) is 5.11 Å². The number of amidine groups is 1. The van der Waals surface area contributed by atoms with Gasteiger partial charge in [-0.15, -0.1) is 0 Å². The van der Waals surface area contributed by atoms with Crippen LogP contribution < -0.4 is 10.6 Å². The van der Waals surface area contributed by atoms with Gasteiger partial charge in [0.05, 0.1) is 5.69 Å². The Hall–Kier alpha value is -2.34. The molecule has 2 heterocycles. The smallest absolute Gasteiger partial charge is 0.158 e. The Morgan fingerprint density at radius 2 is 2.32 bits per heavy atom. The third kappa shape index (κ3) is 6.23. The van der Waals surface area contributed by atoms with E-state index in [2.05, 4.69) is 34.1 Å². The minimum Gasteiger partial charge on any atom is -0.486 e. The molecule has 1 aliphatic heterocycles. The molecule has 136 valence electrons. The zero-order valence-corrected chi connectivity index (χ0v) is 14.9. The predicted octanol–water partition coefficient (Wildman–Crippen LogP) is 2.49. The topological polar surface area (TPSA) is 78.8 Å². The number of pyridine rings is 1. The normalized spacial score (nSPS) is 15.2. The van der Waals surface area contributed by atoms with Gasteiger partial charge in [-0.05, 0) is 31.1 Å². The first-order valence-corrected chi connectivity index (χ1v) is 8.84. The minimum absolute atomic E-state index is 0.154. The SMILES string of the molecule is C=CC1=NCC(OCc2ccccn2)=C(N[C@H](CCO)CCCC)N1. The van der Waals surface area contributed by atoms with Gasteiger partial charge < -0.3 is 20.5 Å². The number of aliphatic hydroxyl groups excluding tert-OH is 1. The molecule has 1 aromatic heterocycles. The number of ether oxygens (including phenoxy) is 1. The summed E-state index contributed by atoms with van der Waals surface area (Å²) in [4.78, 5) is 8.68. The summed E-state index contributed by atoms with van der Waals surface area (Å²) in [5.41, 5.74) is 0.866. The van der Waals surface area contributed by atoms with E-state index in [1.54, 1.807) is 12.3 Å². The molecule has 0 spiro atoms. The van der Waals surface area contributed by atoms with Crippen molar-refractivity contribution in [2.75, 3.05) is 13.2 Å². The molecular formula is C19H28N4O2. The Morgan fingerprint density at radius 1 is 1.44 bits per heavy atom. The number of aliphatic imine (C=N–C) groups is 1. The number of hydrogen-bond donors (Lipinski definition) is 3. The maximum atomic E-state index is 9.33. The highest BCUT2D eigenvalue weighted by atomic mass is 16.5. The quantitative estimate of drug-likeness (QED) is 0.575. The average molecular weight is 344 g/mol. The van der Waals surface area contributed by atoms with E-state index in [1.165, 1.54) is 0 Å². The van der Waals surface area contributed by atoms with Crippen molar-refractivity contribution < 1.29 is 9.84 Å². The molecule has 25 heavy (non-hydrogen) atoms. The van der Waals surface area contributed by atoms with Crippen LogP contribution in [0.2, 0.25) is 0 Å². The van der Waals surface area contributed by atoms with Crippen molar-refractivity contribution >= 4 is 5.84 Å². The zero-order chi connectivity index (χ0) is 17.9. The van der Waals surface area contributed by atoms with Crippen LogP contribution in [0, 0.1) is 0 Å². The number of nitrogens with one attached hydrogen (secondary N) is 2. The maximum Gasteiger partial charge on any atom is 0.158 e. The summed E-state index contributed by atoms with van der Waals surface area (Å²) in [5.74, 6) is 2.26. The number of aromatic nitrogens is 1. The Kier molecular flexibility index (Phi) is 7.98. The summed E-state index contributed by atoms with van der Waals surface area (Å²) in [6, 6.07) is 5.93. The van der Waals surface area contributed by atoms with Crippen LogP contribution in [0.5, 0.6) is 0 Å². The fourth-order valence-corrected chi connectivity index (χ4v) is 2.57. The molecule has 0 fully saturated rings. The second-order valence-electron chi connectivity index (χ2n) is 5.93. The fourth-order valence-electron chi connectivity index (χ4n) is 2.57. The van der Waals surface area contributed by atoms with E-state index < -0.39 is 0 Å². The number of hydrogen-bond acceptors (Lipinski definition) is 6. The van der Waals surface area contributed by atoms with Gasteiger partial charge in [-0.1, -0.05) is 32.4 Å². The molecule has 2 rings (SSSR count). The van der Waals surface area contributed by atoms with E-state index in [0.29, 0.717) is 25.4 Å². The summed E-state index contributed by atoms with van der Waals surface area (Å²) in [7, 11) is 0. The van der Waals surface area contributed by atoms with E-state index in [0.717, 1.165) is 36.5 Å². The van der Waals surface area contributed by atoms with Crippen molar-refractivity contribution in [3.05, 3.63) is 54.3 Å². The minimum atomic E-state index is 0.154. The summed E-state index contributed by atoms with van der Waals surface area (Å²) < 4.78 is 5.95. The van der Waals surface area contributed by atoms with Crippen molar-refractivity contribution in [3.63, 3.8) is 0 Å². The lowest BCUT2D eigenvalue weighted by atomic mass is 10.1. The molecular weight excluding hydrogens is 316 g/mol. The fraction of sp³-hybridized carbons (Fsp3) is 0.474. The number of unbranched alkanes of at least 4 members (excludes halogenated alkanes) is 1. The predicted molar refractivity (Wildman–Crippen MR) is 99.8 cm³/mol. The summed E-state index contributed by atoms with van der Waals surface area (Å²) in [6.45, 7) is 6.92. The third-order valence-electron chi connectivity index (χ3n) is 3.97. The van der Waals surface area contributed by atoms with Gasteiger partial charge in [0.25, 0.3) is 0 Å². The third-order valence-corrected chi connectivity index (χ3v) is 3.97. The van der Waals surface area contributed by atoms with Crippen molar-refractivity contribution in [1.29, 1.82) is 0 Å². The second kappa shape index (κ2) is 10.5. The van der Waals surface area contributed by atoms with Gasteiger partial charge in [-0.25, -0.2) is 0 Å². The molecule has 3 N–H and O–H groups in total. The molecule has 0 bridgehead atoms. The van der Waals surface area contributed by atoms with Crippen LogP contribution in [-0.4, -0.2) is 35.1 Å². The first-order chi connectivity index (χ1) is 12.3. The van der Waals surface area contributed by atoms with Crippen LogP contribution in [0.3, 0.4) is 0 Å². The summed E-state index contributed by atoms with van der Waals surface area (Å²) in [6.07, 6.45) is 7.36. The summed E-state index contributed by atoms with van der Waals surface area (Å²) >= 11 is 0. The molecule has 0 radical (unpaired) electrons. The van der Waals surface area contributed by atoms with Crippen LogP contribution in [0.1, 0.15) is 38.3 Å². The number of rotatable bonds is 11. The Bertz CT molecular complexity index is 599. The molecule has 1 aliphatic rings. The van der Waals surface area contributed by atoms with Crippen molar-refractivity contribution in [3.8, 4) is 0 Å². The molecule has 0 saturated heterocycles. The van der Waals surface area contributed by atoms with Crippen LogP contribution in [0.25, 0.3) is 0 Å². The second-order valence-corrected chi connectivity index (χ2v) is 5.93. The molecule has 0 unspecified atom stereocenters. The van der Waals surface area contributed by atoms with E-state index in [4.69, 9.17) is 4.74 Å². The van der Waals surface area contributed by atoms with Gasteiger partial charge in [-0.3, -0.25) is 9.98 Å². The highest BCUT2D eigenvalue weighted by Gasteiger charge is 2.18. The average Bonchev–Trinajstić information content (AvgIpc) is 2.66. The molecule has 6 heteroatoms.